The van der Waals surface area contributed by atoms with Crippen molar-refractivity contribution in [2.75, 3.05) is 7.05 Å². The number of carbonyl (C=O) groups is 2. The van der Waals surface area contributed by atoms with E-state index in [9.17, 15) is 14.0 Å². The molecule has 1 aliphatic rings. The SMILES string of the molecule is CC(C)[C@H]1C(=O)N(C)C(=O)[C@@H](C(C)C)C1c1ccc(F)cc1. The second-order valence-electron chi connectivity index (χ2n) is 6.85. The summed E-state index contributed by atoms with van der Waals surface area (Å²) in [6, 6.07) is 6.21. The van der Waals surface area contributed by atoms with E-state index in [0.29, 0.717) is 0 Å². The van der Waals surface area contributed by atoms with E-state index in [0.717, 1.165) is 5.56 Å². The number of nitrogens with zero attached hydrogens (tertiary/aromatic N) is 1. The van der Waals surface area contributed by atoms with Crippen molar-refractivity contribution < 1.29 is 14.0 Å². The van der Waals surface area contributed by atoms with Gasteiger partial charge in [-0.1, -0.05) is 39.8 Å². The molecule has 0 N–H and O–H groups in total. The molecule has 0 aromatic heterocycles. The van der Waals surface area contributed by atoms with Crippen LogP contribution < -0.4 is 0 Å². The van der Waals surface area contributed by atoms with Crippen molar-refractivity contribution >= 4 is 11.8 Å². The molecule has 4 heteroatoms. The number of hydrogen-bond donors (Lipinski definition) is 0. The lowest BCUT2D eigenvalue weighted by Crippen LogP contribution is -2.54. The van der Waals surface area contributed by atoms with Crippen LogP contribution in [0.1, 0.15) is 39.2 Å². The molecule has 0 bridgehead atoms. The van der Waals surface area contributed by atoms with Gasteiger partial charge in [0.05, 0.1) is 0 Å². The summed E-state index contributed by atoms with van der Waals surface area (Å²) in [5.74, 6) is -1.08. The first-order chi connectivity index (χ1) is 10.3. The van der Waals surface area contributed by atoms with E-state index in [-0.39, 0.29) is 47.2 Å². The summed E-state index contributed by atoms with van der Waals surface area (Å²) in [5.41, 5.74) is 0.869. The lowest BCUT2D eigenvalue weighted by atomic mass is 9.65. The smallest absolute Gasteiger partial charge is 0.232 e. The van der Waals surface area contributed by atoms with Gasteiger partial charge in [0.2, 0.25) is 11.8 Å². The number of piperidine rings is 1. The lowest BCUT2D eigenvalue weighted by Gasteiger charge is -2.44. The third-order valence-corrected chi connectivity index (χ3v) is 4.70. The number of rotatable bonds is 3. The number of amides is 2. The number of likely N-dealkylation sites (tertiary alicyclic amines) is 1. The molecule has 1 saturated heterocycles. The molecule has 22 heavy (non-hydrogen) atoms. The van der Waals surface area contributed by atoms with Crippen LogP contribution >= 0.6 is 0 Å². The number of halogens is 1. The minimum absolute atomic E-state index is 0.111. The van der Waals surface area contributed by atoms with Gasteiger partial charge in [-0.05, 0) is 29.5 Å². The zero-order valence-electron chi connectivity index (χ0n) is 13.8. The zero-order valence-corrected chi connectivity index (χ0v) is 13.8. The van der Waals surface area contributed by atoms with Gasteiger partial charge < -0.3 is 0 Å². The second kappa shape index (κ2) is 6.19. The Balaban J connectivity index is 2.56. The Morgan fingerprint density at radius 1 is 0.909 bits per heavy atom. The first-order valence-electron chi connectivity index (χ1n) is 7.82. The molecule has 3 atom stereocenters. The van der Waals surface area contributed by atoms with E-state index < -0.39 is 0 Å². The fraction of sp³-hybridized carbons (Fsp3) is 0.556. The van der Waals surface area contributed by atoms with E-state index in [4.69, 9.17) is 0 Å². The quantitative estimate of drug-likeness (QED) is 0.802. The van der Waals surface area contributed by atoms with Crippen molar-refractivity contribution in [3.63, 3.8) is 0 Å². The zero-order chi connectivity index (χ0) is 16.6. The minimum Gasteiger partial charge on any atom is -0.285 e. The number of carbonyl (C=O) groups excluding carboxylic acids is 2. The maximum Gasteiger partial charge on any atom is 0.232 e. The number of hydrogen-bond acceptors (Lipinski definition) is 2. The molecular formula is C18H24FNO2. The van der Waals surface area contributed by atoms with Crippen molar-refractivity contribution in [2.45, 2.75) is 33.6 Å². The first-order valence-corrected chi connectivity index (χ1v) is 7.82. The predicted octanol–water partition coefficient (Wildman–Crippen LogP) is 3.45. The van der Waals surface area contributed by atoms with Crippen molar-refractivity contribution in [3.05, 3.63) is 35.6 Å². The van der Waals surface area contributed by atoms with Gasteiger partial charge in [-0.25, -0.2) is 4.39 Å². The van der Waals surface area contributed by atoms with Crippen molar-refractivity contribution in [3.8, 4) is 0 Å². The summed E-state index contributed by atoms with van der Waals surface area (Å²) in [5, 5.41) is 0. The highest BCUT2D eigenvalue weighted by Crippen LogP contribution is 2.44. The predicted molar refractivity (Wildman–Crippen MR) is 83.6 cm³/mol. The van der Waals surface area contributed by atoms with Gasteiger partial charge >= 0.3 is 0 Å². The Bertz CT molecular complexity index is 537. The molecule has 0 radical (unpaired) electrons. The average Bonchev–Trinajstić information content (AvgIpc) is 2.44. The normalized spacial score (nSPS) is 26.2. The fourth-order valence-electron chi connectivity index (χ4n) is 3.59. The Hall–Kier alpha value is -1.71. The maximum absolute atomic E-state index is 13.2. The van der Waals surface area contributed by atoms with Crippen LogP contribution in [0, 0.1) is 29.5 Å². The summed E-state index contributed by atoms with van der Waals surface area (Å²) in [7, 11) is 1.57. The van der Waals surface area contributed by atoms with Crippen molar-refractivity contribution in [1.29, 1.82) is 0 Å². The Morgan fingerprint density at radius 3 is 1.68 bits per heavy atom. The second-order valence-corrected chi connectivity index (χ2v) is 6.85. The minimum atomic E-state index is -0.309. The standard InChI is InChI=1S/C18H24FNO2/c1-10(2)14-16(12-6-8-13(19)9-7-12)15(11(3)4)18(22)20(5)17(14)21/h6-11,14-16H,1-5H3/t14-,15+,16?. The number of imide groups is 1. The molecule has 0 saturated carbocycles. The van der Waals surface area contributed by atoms with Crippen LogP contribution in [-0.2, 0) is 9.59 Å². The van der Waals surface area contributed by atoms with E-state index in [1.54, 1.807) is 19.2 Å². The monoisotopic (exact) mass is 305 g/mol. The van der Waals surface area contributed by atoms with Gasteiger partial charge in [-0.3, -0.25) is 14.5 Å². The Morgan fingerprint density at radius 2 is 1.32 bits per heavy atom. The molecule has 1 fully saturated rings. The molecule has 2 rings (SSSR count). The third-order valence-electron chi connectivity index (χ3n) is 4.70. The molecule has 2 amide bonds. The van der Waals surface area contributed by atoms with E-state index in [1.165, 1.54) is 17.0 Å². The van der Waals surface area contributed by atoms with E-state index >= 15 is 0 Å². The summed E-state index contributed by atoms with van der Waals surface area (Å²) < 4.78 is 13.2. The third kappa shape index (κ3) is 2.79. The first kappa shape index (κ1) is 16.7. The van der Waals surface area contributed by atoms with Crippen molar-refractivity contribution in [2.24, 2.45) is 23.7 Å². The Kier molecular flexibility index (Phi) is 4.69. The largest absolute Gasteiger partial charge is 0.285 e. The van der Waals surface area contributed by atoms with Crippen LogP contribution in [0.3, 0.4) is 0 Å². The van der Waals surface area contributed by atoms with Crippen LogP contribution in [0.2, 0.25) is 0 Å². The van der Waals surface area contributed by atoms with Crippen LogP contribution in [-0.4, -0.2) is 23.8 Å². The highest BCUT2D eigenvalue weighted by atomic mass is 19.1. The molecule has 1 aliphatic heterocycles. The fourth-order valence-corrected chi connectivity index (χ4v) is 3.59. The average molecular weight is 305 g/mol. The Labute approximate surface area is 131 Å². The molecule has 0 aliphatic carbocycles. The number of benzene rings is 1. The maximum atomic E-state index is 13.2. The van der Waals surface area contributed by atoms with Gasteiger partial charge in [-0.2, -0.15) is 0 Å². The van der Waals surface area contributed by atoms with Crippen LogP contribution in [0.25, 0.3) is 0 Å². The van der Waals surface area contributed by atoms with Gasteiger partial charge in [0.15, 0.2) is 0 Å². The summed E-state index contributed by atoms with van der Waals surface area (Å²) >= 11 is 0. The van der Waals surface area contributed by atoms with Crippen LogP contribution in [0.15, 0.2) is 24.3 Å². The molecular weight excluding hydrogens is 281 g/mol. The van der Waals surface area contributed by atoms with Gasteiger partial charge in [0.1, 0.15) is 5.82 Å². The molecule has 120 valence electrons. The highest BCUT2D eigenvalue weighted by Gasteiger charge is 2.49. The van der Waals surface area contributed by atoms with Gasteiger partial charge in [-0.15, -0.1) is 0 Å². The molecule has 1 unspecified atom stereocenters. The highest BCUT2D eigenvalue weighted by molar-refractivity contribution is 6.01. The molecule has 1 aromatic rings. The topological polar surface area (TPSA) is 37.4 Å². The summed E-state index contributed by atoms with van der Waals surface area (Å²) in [4.78, 5) is 26.5. The van der Waals surface area contributed by atoms with E-state index in [1.807, 2.05) is 27.7 Å². The van der Waals surface area contributed by atoms with Gasteiger partial charge in [0, 0.05) is 24.8 Å². The summed E-state index contributed by atoms with van der Waals surface area (Å²) in [6.45, 7) is 8.00. The molecule has 0 spiro atoms. The van der Waals surface area contributed by atoms with Crippen LogP contribution in [0.4, 0.5) is 4.39 Å². The lowest BCUT2D eigenvalue weighted by molar-refractivity contribution is -0.158. The van der Waals surface area contributed by atoms with Crippen molar-refractivity contribution in [1.82, 2.24) is 4.90 Å². The molecule has 3 nitrogen and oxygen atoms in total. The van der Waals surface area contributed by atoms with E-state index in [2.05, 4.69) is 0 Å². The molecule has 1 aromatic carbocycles. The molecule has 1 heterocycles. The van der Waals surface area contributed by atoms with Gasteiger partial charge in [0.25, 0.3) is 0 Å². The summed E-state index contributed by atoms with van der Waals surface area (Å²) in [6.07, 6.45) is 0. The van der Waals surface area contributed by atoms with Crippen LogP contribution in [0.5, 0.6) is 0 Å².